The summed E-state index contributed by atoms with van der Waals surface area (Å²) in [6, 6.07) is 11.0. The van der Waals surface area contributed by atoms with Crippen molar-refractivity contribution >= 4 is 23.6 Å². The van der Waals surface area contributed by atoms with E-state index in [1.54, 1.807) is 63.6 Å². The highest BCUT2D eigenvalue weighted by atomic mass is 35.5. The van der Waals surface area contributed by atoms with Crippen LogP contribution in [0.1, 0.15) is 11.1 Å². The standard InChI is InChI=1S/C20H22ClNO4/c1-22(13-14-5-8-16(21)9-6-14)19(23)10-7-15-11-17(24-2)20(26-4)18(12-15)25-3/h5-12H,13H2,1-4H3/b10-7+. The zero-order valence-corrected chi connectivity index (χ0v) is 16.0. The highest BCUT2D eigenvalue weighted by Crippen LogP contribution is 2.38. The molecule has 0 atom stereocenters. The van der Waals surface area contributed by atoms with E-state index in [1.807, 2.05) is 12.1 Å². The lowest BCUT2D eigenvalue weighted by atomic mass is 10.1. The van der Waals surface area contributed by atoms with Gasteiger partial charge in [-0.1, -0.05) is 23.7 Å². The molecule has 0 saturated heterocycles. The van der Waals surface area contributed by atoms with Crippen LogP contribution >= 0.6 is 11.6 Å². The zero-order valence-electron chi connectivity index (χ0n) is 15.3. The molecule has 2 aromatic carbocycles. The van der Waals surface area contributed by atoms with Gasteiger partial charge in [0.05, 0.1) is 21.3 Å². The Labute approximate surface area is 158 Å². The number of hydrogen-bond acceptors (Lipinski definition) is 4. The number of nitrogens with zero attached hydrogens (tertiary/aromatic N) is 1. The normalized spacial score (nSPS) is 10.7. The van der Waals surface area contributed by atoms with Crippen molar-refractivity contribution in [1.82, 2.24) is 4.90 Å². The quantitative estimate of drug-likeness (QED) is 0.685. The SMILES string of the molecule is COc1cc(/C=C/C(=O)N(C)Cc2ccc(Cl)cc2)cc(OC)c1OC. The maximum Gasteiger partial charge on any atom is 0.246 e. The predicted molar refractivity (Wildman–Crippen MR) is 103 cm³/mol. The number of benzene rings is 2. The summed E-state index contributed by atoms with van der Waals surface area (Å²) in [7, 11) is 6.40. The van der Waals surface area contributed by atoms with E-state index in [0.29, 0.717) is 28.8 Å². The van der Waals surface area contributed by atoms with Crippen molar-refractivity contribution < 1.29 is 19.0 Å². The van der Waals surface area contributed by atoms with Crippen molar-refractivity contribution in [1.29, 1.82) is 0 Å². The first-order valence-corrected chi connectivity index (χ1v) is 8.34. The average molecular weight is 376 g/mol. The Kier molecular flexibility index (Phi) is 6.92. The lowest BCUT2D eigenvalue weighted by molar-refractivity contribution is -0.125. The first-order chi connectivity index (χ1) is 12.5. The third-order valence-corrected chi connectivity index (χ3v) is 4.07. The van der Waals surface area contributed by atoms with Crippen molar-refractivity contribution in [3.05, 3.63) is 58.6 Å². The monoisotopic (exact) mass is 375 g/mol. The number of likely N-dealkylation sites (N-methyl/N-ethyl adjacent to an activating group) is 1. The van der Waals surface area contributed by atoms with E-state index in [1.165, 1.54) is 6.08 Å². The summed E-state index contributed by atoms with van der Waals surface area (Å²) in [6.07, 6.45) is 3.22. The maximum absolute atomic E-state index is 12.3. The summed E-state index contributed by atoms with van der Waals surface area (Å²) >= 11 is 5.88. The van der Waals surface area contributed by atoms with Gasteiger partial charge in [-0.05, 0) is 41.5 Å². The fourth-order valence-corrected chi connectivity index (χ4v) is 2.56. The van der Waals surface area contributed by atoms with Gasteiger partial charge in [0.25, 0.3) is 0 Å². The highest BCUT2D eigenvalue weighted by Gasteiger charge is 2.12. The van der Waals surface area contributed by atoms with Crippen molar-refractivity contribution in [2.45, 2.75) is 6.54 Å². The van der Waals surface area contributed by atoms with Crippen molar-refractivity contribution in [3.8, 4) is 17.2 Å². The van der Waals surface area contributed by atoms with Gasteiger partial charge in [0.2, 0.25) is 11.7 Å². The number of ether oxygens (including phenoxy) is 3. The second-order valence-corrected chi connectivity index (χ2v) is 6.05. The molecule has 138 valence electrons. The van der Waals surface area contributed by atoms with Gasteiger partial charge in [-0.2, -0.15) is 0 Å². The summed E-state index contributed by atoms with van der Waals surface area (Å²) in [5, 5.41) is 0.671. The molecule has 0 aliphatic heterocycles. The molecule has 6 heteroatoms. The molecule has 1 amide bonds. The summed E-state index contributed by atoms with van der Waals surface area (Å²) < 4.78 is 15.9. The van der Waals surface area contributed by atoms with E-state index >= 15 is 0 Å². The molecule has 0 aliphatic rings. The van der Waals surface area contributed by atoms with E-state index in [0.717, 1.165) is 11.1 Å². The molecule has 2 rings (SSSR count). The summed E-state index contributed by atoms with van der Waals surface area (Å²) in [5.74, 6) is 1.47. The second-order valence-electron chi connectivity index (χ2n) is 5.61. The van der Waals surface area contributed by atoms with Crippen LogP contribution in [0.25, 0.3) is 6.08 Å². The molecule has 0 heterocycles. The summed E-state index contributed by atoms with van der Waals surface area (Å²) in [4.78, 5) is 14.0. The van der Waals surface area contributed by atoms with E-state index in [2.05, 4.69) is 0 Å². The van der Waals surface area contributed by atoms with Crippen molar-refractivity contribution in [2.75, 3.05) is 28.4 Å². The molecule has 0 fully saturated rings. The van der Waals surface area contributed by atoms with E-state index in [-0.39, 0.29) is 5.91 Å². The molecule has 0 bridgehead atoms. The predicted octanol–water partition coefficient (Wildman–Crippen LogP) is 4.04. The minimum absolute atomic E-state index is 0.117. The third-order valence-electron chi connectivity index (χ3n) is 3.81. The topological polar surface area (TPSA) is 48.0 Å². The number of rotatable bonds is 7. The summed E-state index contributed by atoms with van der Waals surface area (Å²) in [6.45, 7) is 0.496. The Morgan fingerprint density at radius 2 is 1.62 bits per heavy atom. The van der Waals surface area contributed by atoms with Crippen LogP contribution in [-0.4, -0.2) is 39.2 Å². The average Bonchev–Trinajstić information content (AvgIpc) is 2.66. The molecule has 0 radical (unpaired) electrons. The number of amides is 1. The Balaban J connectivity index is 2.12. The Morgan fingerprint density at radius 3 is 2.12 bits per heavy atom. The largest absolute Gasteiger partial charge is 0.493 e. The second kappa shape index (κ2) is 9.15. The van der Waals surface area contributed by atoms with Crippen LogP contribution in [0, 0.1) is 0 Å². The molecular weight excluding hydrogens is 354 g/mol. The smallest absolute Gasteiger partial charge is 0.246 e. The van der Waals surface area contributed by atoms with Gasteiger partial charge in [-0.3, -0.25) is 4.79 Å². The molecule has 0 saturated carbocycles. The molecule has 26 heavy (non-hydrogen) atoms. The van der Waals surface area contributed by atoms with Crippen LogP contribution in [0.2, 0.25) is 5.02 Å². The first-order valence-electron chi connectivity index (χ1n) is 7.96. The molecule has 0 N–H and O–H groups in total. The van der Waals surface area contributed by atoms with E-state index < -0.39 is 0 Å². The van der Waals surface area contributed by atoms with Gasteiger partial charge >= 0.3 is 0 Å². The minimum Gasteiger partial charge on any atom is -0.493 e. The fraction of sp³-hybridized carbons (Fsp3) is 0.250. The molecule has 0 spiro atoms. The first kappa shape index (κ1) is 19.7. The van der Waals surface area contributed by atoms with Crippen molar-refractivity contribution in [2.24, 2.45) is 0 Å². The van der Waals surface area contributed by atoms with E-state index in [9.17, 15) is 4.79 Å². The van der Waals surface area contributed by atoms with Crippen LogP contribution in [0.15, 0.2) is 42.5 Å². The van der Waals surface area contributed by atoms with Gasteiger partial charge in [-0.25, -0.2) is 0 Å². The third kappa shape index (κ3) is 4.92. The molecular formula is C20H22ClNO4. The van der Waals surface area contributed by atoms with Crippen LogP contribution in [0.3, 0.4) is 0 Å². The number of methoxy groups -OCH3 is 3. The van der Waals surface area contributed by atoms with Gasteiger partial charge in [0, 0.05) is 24.7 Å². The van der Waals surface area contributed by atoms with Crippen molar-refractivity contribution in [3.63, 3.8) is 0 Å². The molecule has 0 aromatic heterocycles. The van der Waals surface area contributed by atoms with E-state index in [4.69, 9.17) is 25.8 Å². The number of carbonyl (C=O) groups is 1. The van der Waals surface area contributed by atoms with Crippen LogP contribution in [0.4, 0.5) is 0 Å². The van der Waals surface area contributed by atoms with Crippen LogP contribution in [0.5, 0.6) is 17.2 Å². The summed E-state index contributed by atoms with van der Waals surface area (Å²) in [5.41, 5.74) is 1.78. The van der Waals surface area contributed by atoms with Gasteiger partial charge < -0.3 is 19.1 Å². The van der Waals surface area contributed by atoms with Gasteiger partial charge in [0.1, 0.15) is 0 Å². The van der Waals surface area contributed by atoms with Crippen LogP contribution in [-0.2, 0) is 11.3 Å². The molecule has 0 unspecified atom stereocenters. The number of hydrogen-bond donors (Lipinski definition) is 0. The zero-order chi connectivity index (χ0) is 19.1. The minimum atomic E-state index is -0.117. The molecule has 5 nitrogen and oxygen atoms in total. The van der Waals surface area contributed by atoms with Gasteiger partial charge in [-0.15, -0.1) is 0 Å². The molecule has 2 aromatic rings. The highest BCUT2D eigenvalue weighted by molar-refractivity contribution is 6.30. The molecule has 0 aliphatic carbocycles. The van der Waals surface area contributed by atoms with Crippen LogP contribution < -0.4 is 14.2 Å². The Bertz CT molecular complexity index is 762. The maximum atomic E-state index is 12.3. The van der Waals surface area contributed by atoms with Gasteiger partial charge in [0.15, 0.2) is 11.5 Å². The lowest BCUT2D eigenvalue weighted by Gasteiger charge is -2.15. The Hall–Kier alpha value is -2.66. The fourth-order valence-electron chi connectivity index (χ4n) is 2.43. The number of halogens is 1. The lowest BCUT2D eigenvalue weighted by Crippen LogP contribution is -2.24. The number of carbonyl (C=O) groups excluding carboxylic acids is 1. The Morgan fingerprint density at radius 1 is 1.04 bits per heavy atom.